The number of nitrogens with zero attached hydrogens (tertiary/aromatic N) is 3. The summed E-state index contributed by atoms with van der Waals surface area (Å²) in [7, 11) is 0. The van der Waals surface area contributed by atoms with Gasteiger partial charge in [-0.1, -0.05) is 23.9 Å². The first-order chi connectivity index (χ1) is 10.8. The first kappa shape index (κ1) is 14.7. The number of thiophene rings is 1. The van der Waals surface area contributed by atoms with Gasteiger partial charge in [0.05, 0.1) is 10.6 Å². The summed E-state index contributed by atoms with van der Waals surface area (Å²) < 4.78 is 0. The molecule has 5 nitrogen and oxygen atoms in total. The van der Waals surface area contributed by atoms with Crippen molar-refractivity contribution in [2.75, 3.05) is 5.32 Å². The van der Waals surface area contributed by atoms with Crippen LogP contribution in [0.4, 0.5) is 5.82 Å². The highest BCUT2D eigenvalue weighted by Crippen LogP contribution is 2.20. The van der Waals surface area contributed by atoms with Crippen molar-refractivity contribution < 1.29 is 4.79 Å². The highest BCUT2D eigenvalue weighted by atomic mass is 32.2. The Morgan fingerprint density at radius 3 is 2.77 bits per heavy atom. The predicted molar refractivity (Wildman–Crippen MR) is 88.1 cm³/mol. The molecule has 3 rings (SSSR count). The molecule has 7 heteroatoms. The monoisotopic (exact) mass is 328 g/mol. The molecular formula is C15H12N4OS2. The van der Waals surface area contributed by atoms with Crippen LogP contribution in [0.5, 0.6) is 0 Å². The second-order valence-corrected chi connectivity index (χ2v) is 6.24. The van der Waals surface area contributed by atoms with E-state index in [2.05, 4.69) is 20.5 Å². The molecule has 0 atom stereocenters. The largest absolute Gasteiger partial charge is 0.304 e. The van der Waals surface area contributed by atoms with Gasteiger partial charge in [0, 0.05) is 11.9 Å². The van der Waals surface area contributed by atoms with Crippen LogP contribution in [0.3, 0.4) is 0 Å². The van der Waals surface area contributed by atoms with E-state index in [0.717, 1.165) is 16.5 Å². The summed E-state index contributed by atoms with van der Waals surface area (Å²) in [5, 5.41) is 13.5. The van der Waals surface area contributed by atoms with Crippen LogP contribution in [0.25, 0.3) is 0 Å². The van der Waals surface area contributed by atoms with Gasteiger partial charge in [-0.2, -0.15) is 0 Å². The van der Waals surface area contributed by atoms with E-state index in [0.29, 0.717) is 10.7 Å². The zero-order valence-corrected chi connectivity index (χ0v) is 13.1. The number of amides is 1. The molecule has 3 aromatic heterocycles. The molecule has 0 aliphatic heterocycles. The van der Waals surface area contributed by atoms with Crippen molar-refractivity contribution in [2.45, 2.75) is 10.8 Å². The molecule has 22 heavy (non-hydrogen) atoms. The van der Waals surface area contributed by atoms with Crippen LogP contribution in [0, 0.1) is 0 Å². The summed E-state index contributed by atoms with van der Waals surface area (Å²) in [5.74, 6) is 1.01. The Kier molecular flexibility index (Phi) is 4.77. The number of rotatable bonds is 5. The molecule has 0 spiro atoms. The lowest BCUT2D eigenvalue weighted by Gasteiger charge is -2.03. The smallest absolute Gasteiger partial charge is 0.266 e. The standard InChI is InChI=1S/C15H12N4OS2/c20-15(12-5-3-9-21-12)17-13-6-7-14(19-18-13)22-10-11-4-1-2-8-16-11/h1-9H,10H2,(H,17,18,20). The van der Waals surface area contributed by atoms with E-state index < -0.39 is 0 Å². The number of carbonyl (C=O) groups excluding carboxylic acids is 1. The number of anilines is 1. The van der Waals surface area contributed by atoms with E-state index >= 15 is 0 Å². The molecule has 0 aliphatic rings. The van der Waals surface area contributed by atoms with Gasteiger partial charge in [-0.15, -0.1) is 21.5 Å². The Morgan fingerprint density at radius 2 is 2.09 bits per heavy atom. The Bertz CT molecular complexity index is 730. The minimum absolute atomic E-state index is 0.168. The molecule has 0 fully saturated rings. The number of aromatic nitrogens is 3. The minimum Gasteiger partial charge on any atom is -0.304 e. The van der Waals surface area contributed by atoms with Gasteiger partial charge >= 0.3 is 0 Å². The second kappa shape index (κ2) is 7.15. The first-order valence-corrected chi connectivity index (χ1v) is 8.39. The number of pyridine rings is 1. The van der Waals surface area contributed by atoms with Crippen molar-refractivity contribution in [3.63, 3.8) is 0 Å². The van der Waals surface area contributed by atoms with E-state index in [1.54, 1.807) is 30.1 Å². The van der Waals surface area contributed by atoms with Crippen molar-refractivity contribution in [1.29, 1.82) is 0 Å². The fourth-order valence-electron chi connectivity index (χ4n) is 1.68. The molecule has 0 unspecified atom stereocenters. The minimum atomic E-state index is -0.168. The van der Waals surface area contributed by atoms with Crippen LogP contribution in [-0.2, 0) is 5.75 Å². The number of hydrogen-bond acceptors (Lipinski definition) is 6. The molecule has 0 radical (unpaired) electrons. The van der Waals surface area contributed by atoms with Gasteiger partial charge in [0.2, 0.25) is 0 Å². The van der Waals surface area contributed by atoms with Gasteiger partial charge in [0.25, 0.3) is 5.91 Å². The Hall–Kier alpha value is -2.25. The molecule has 0 aromatic carbocycles. The number of nitrogens with one attached hydrogen (secondary N) is 1. The quantitative estimate of drug-likeness (QED) is 0.726. The molecule has 0 saturated carbocycles. The normalized spacial score (nSPS) is 10.4. The Balaban J connectivity index is 1.57. The summed E-state index contributed by atoms with van der Waals surface area (Å²) >= 11 is 2.94. The molecule has 0 aliphatic carbocycles. The third-order valence-electron chi connectivity index (χ3n) is 2.72. The lowest BCUT2D eigenvalue weighted by molar-refractivity contribution is 0.103. The zero-order chi connectivity index (χ0) is 15.2. The predicted octanol–water partition coefficient (Wildman–Crippen LogP) is 3.48. The van der Waals surface area contributed by atoms with Gasteiger partial charge in [-0.25, -0.2) is 0 Å². The highest BCUT2D eigenvalue weighted by Gasteiger charge is 2.08. The molecule has 1 N–H and O–H groups in total. The van der Waals surface area contributed by atoms with E-state index in [-0.39, 0.29) is 5.91 Å². The van der Waals surface area contributed by atoms with Gasteiger partial charge < -0.3 is 5.32 Å². The van der Waals surface area contributed by atoms with E-state index in [4.69, 9.17) is 0 Å². The first-order valence-electron chi connectivity index (χ1n) is 6.52. The fraction of sp³-hybridized carbons (Fsp3) is 0.0667. The van der Waals surface area contributed by atoms with Crippen LogP contribution in [0.1, 0.15) is 15.4 Å². The average Bonchev–Trinajstić information content (AvgIpc) is 3.10. The SMILES string of the molecule is O=C(Nc1ccc(SCc2ccccn2)nn1)c1cccs1. The number of thioether (sulfide) groups is 1. The Labute approximate surface area is 135 Å². The Morgan fingerprint density at radius 1 is 1.14 bits per heavy atom. The topological polar surface area (TPSA) is 67.8 Å². The molecule has 0 bridgehead atoms. The lowest BCUT2D eigenvalue weighted by atomic mass is 10.4. The second-order valence-electron chi connectivity index (χ2n) is 4.30. The van der Waals surface area contributed by atoms with Crippen molar-refractivity contribution in [3.8, 4) is 0 Å². The molecular weight excluding hydrogens is 316 g/mol. The molecule has 110 valence electrons. The lowest BCUT2D eigenvalue weighted by Crippen LogP contribution is -2.11. The fourth-order valence-corrected chi connectivity index (χ4v) is 3.03. The zero-order valence-electron chi connectivity index (χ0n) is 11.5. The van der Waals surface area contributed by atoms with Crippen molar-refractivity contribution in [2.24, 2.45) is 0 Å². The van der Waals surface area contributed by atoms with E-state index in [9.17, 15) is 4.79 Å². The maximum absolute atomic E-state index is 11.9. The number of carbonyl (C=O) groups is 1. The van der Waals surface area contributed by atoms with Gasteiger partial charge in [-0.3, -0.25) is 9.78 Å². The van der Waals surface area contributed by atoms with Crippen LogP contribution in [-0.4, -0.2) is 21.1 Å². The van der Waals surface area contributed by atoms with Crippen LogP contribution in [0.15, 0.2) is 59.1 Å². The average molecular weight is 328 g/mol. The van der Waals surface area contributed by atoms with Gasteiger partial charge in [0.15, 0.2) is 5.82 Å². The summed E-state index contributed by atoms with van der Waals surface area (Å²) in [6.07, 6.45) is 1.77. The summed E-state index contributed by atoms with van der Waals surface area (Å²) in [4.78, 5) is 16.8. The van der Waals surface area contributed by atoms with Crippen LogP contribution >= 0.6 is 23.1 Å². The van der Waals surface area contributed by atoms with Crippen molar-refractivity contribution >= 4 is 34.8 Å². The summed E-state index contributed by atoms with van der Waals surface area (Å²) in [6.45, 7) is 0. The maximum Gasteiger partial charge on any atom is 0.266 e. The van der Waals surface area contributed by atoms with E-state index in [1.807, 2.05) is 35.7 Å². The third kappa shape index (κ3) is 3.90. The van der Waals surface area contributed by atoms with Crippen molar-refractivity contribution in [3.05, 3.63) is 64.6 Å². The van der Waals surface area contributed by atoms with Crippen LogP contribution < -0.4 is 5.32 Å². The molecule has 3 heterocycles. The van der Waals surface area contributed by atoms with E-state index in [1.165, 1.54) is 11.3 Å². The van der Waals surface area contributed by atoms with Crippen molar-refractivity contribution in [1.82, 2.24) is 15.2 Å². The molecule has 0 saturated heterocycles. The maximum atomic E-state index is 11.9. The molecule has 1 amide bonds. The highest BCUT2D eigenvalue weighted by molar-refractivity contribution is 7.98. The summed E-state index contributed by atoms with van der Waals surface area (Å²) in [5.41, 5.74) is 0.990. The third-order valence-corrected chi connectivity index (χ3v) is 4.54. The molecule has 3 aromatic rings. The van der Waals surface area contributed by atoms with Gasteiger partial charge in [0.1, 0.15) is 5.03 Å². The number of hydrogen-bond donors (Lipinski definition) is 1. The van der Waals surface area contributed by atoms with Gasteiger partial charge in [-0.05, 0) is 35.7 Å². The van der Waals surface area contributed by atoms with Crippen LogP contribution in [0.2, 0.25) is 0 Å². The summed E-state index contributed by atoms with van der Waals surface area (Å²) in [6, 6.07) is 13.0.